The fourth-order valence-corrected chi connectivity index (χ4v) is 2.46. The molecule has 0 atom stereocenters. The molecule has 26 heavy (non-hydrogen) atoms. The topological polar surface area (TPSA) is 90.4 Å². The largest absolute Gasteiger partial charge is 0.508 e. The van der Waals surface area contributed by atoms with Crippen molar-refractivity contribution in [3.05, 3.63) is 71.4 Å². The molecule has 0 unspecified atom stereocenters. The first-order valence-electron chi connectivity index (χ1n) is 8.35. The van der Waals surface area contributed by atoms with Crippen molar-refractivity contribution in [2.75, 3.05) is 0 Å². The van der Waals surface area contributed by atoms with E-state index in [0.29, 0.717) is 17.1 Å². The lowest BCUT2D eigenvalue weighted by Gasteiger charge is -2.02. The van der Waals surface area contributed by atoms with Gasteiger partial charge in [-0.2, -0.15) is 10.2 Å². The lowest BCUT2D eigenvalue weighted by molar-refractivity contribution is 0.0950. The van der Waals surface area contributed by atoms with Gasteiger partial charge in [0.25, 0.3) is 5.91 Å². The lowest BCUT2D eigenvalue weighted by atomic mass is 10.1. The van der Waals surface area contributed by atoms with Crippen LogP contribution < -0.4 is 5.43 Å². The molecule has 0 fully saturated rings. The molecule has 0 saturated heterocycles. The Morgan fingerprint density at radius 2 is 1.85 bits per heavy atom. The molecule has 0 saturated carbocycles. The summed E-state index contributed by atoms with van der Waals surface area (Å²) < 4.78 is 0. The summed E-state index contributed by atoms with van der Waals surface area (Å²) in [5.74, 6) is -0.186. The molecule has 132 valence electrons. The molecule has 3 N–H and O–H groups in total. The van der Waals surface area contributed by atoms with Crippen LogP contribution in [0.15, 0.2) is 59.7 Å². The number of carbonyl (C=O) groups is 1. The van der Waals surface area contributed by atoms with Crippen LogP contribution in [0.3, 0.4) is 0 Å². The fraction of sp³-hybridized carbons (Fsp3) is 0.150. The van der Waals surface area contributed by atoms with Crippen LogP contribution in [0.4, 0.5) is 0 Å². The van der Waals surface area contributed by atoms with Gasteiger partial charge in [0.05, 0.1) is 11.4 Å². The Hall–Kier alpha value is -3.41. The minimum atomic E-state index is -0.368. The number of phenols is 1. The van der Waals surface area contributed by atoms with E-state index in [0.717, 1.165) is 17.5 Å². The average molecular weight is 348 g/mol. The summed E-state index contributed by atoms with van der Waals surface area (Å²) in [6, 6.07) is 16.4. The SMILES string of the molecule is CCc1ccc(-c2cc(C(=O)NN=C(C)c3ccc(O)cc3)[nH]n2)cc1. The van der Waals surface area contributed by atoms with Crippen LogP contribution in [0.25, 0.3) is 11.3 Å². The molecule has 6 heteroatoms. The Labute approximate surface area is 151 Å². The number of hydrogen-bond donors (Lipinski definition) is 3. The number of aromatic amines is 1. The summed E-state index contributed by atoms with van der Waals surface area (Å²) in [5.41, 5.74) is 7.19. The number of aromatic nitrogens is 2. The predicted molar refractivity (Wildman–Crippen MR) is 101 cm³/mol. The highest BCUT2D eigenvalue weighted by Gasteiger charge is 2.11. The Balaban J connectivity index is 1.69. The molecule has 1 aromatic heterocycles. The van der Waals surface area contributed by atoms with Crippen molar-refractivity contribution in [2.45, 2.75) is 20.3 Å². The van der Waals surface area contributed by atoms with Gasteiger partial charge >= 0.3 is 0 Å². The minimum absolute atomic E-state index is 0.183. The maximum Gasteiger partial charge on any atom is 0.289 e. The van der Waals surface area contributed by atoms with Crippen LogP contribution in [0.5, 0.6) is 5.75 Å². The number of H-pyrrole nitrogens is 1. The summed E-state index contributed by atoms with van der Waals surface area (Å²) in [4.78, 5) is 12.3. The summed E-state index contributed by atoms with van der Waals surface area (Å²) in [6.45, 7) is 3.88. The van der Waals surface area contributed by atoms with Gasteiger partial charge in [0.1, 0.15) is 11.4 Å². The molecule has 2 aromatic carbocycles. The van der Waals surface area contributed by atoms with Crippen molar-refractivity contribution in [1.82, 2.24) is 15.6 Å². The molecule has 0 spiro atoms. The summed E-state index contributed by atoms with van der Waals surface area (Å²) >= 11 is 0. The number of amides is 1. The van der Waals surface area contributed by atoms with Gasteiger partial charge < -0.3 is 5.11 Å². The number of rotatable bonds is 5. The van der Waals surface area contributed by atoms with Gasteiger partial charge in [-0.1, -0.05) is 31.2 Å². The Kier molecular flexibility index (Phi) is 5.12. The van der Waals surface area contributed by atoms with E-state index in [1.165, 1.54) is 5.56 Å². The van der Waals surface area contributed by atoms with Crippen molar-refractivity contribution in [3.8, 4) is 17.0 Å². The number of carbonyl (C=O) groups excluding carboxylic acids is 1. The van der Waals surface area contributed by atoms with Gasteiger partial charge in [-0.15, -0.1) is 0 Å². The second-order valence-corrected chi connectivity index (χ2v) is 5.90. The molecule has 0 radical (unpaired) electrons. The molecule has 6 nitrogen and oxygen atoms in total. The number of benzene rings is 2. The number of nitrogens with one attached hydrogen (secondary N) is 2. The molecule has 3 rings (SSSR count). The van der Waals surface area contributed by atoms with E-state index in [1.54, 1.807) is 37.3 Å². The van der Waals surface area contributed by atoms with Crippen LogP contribution in [0.2, 0.25) is 0 Å². The first kappa shape index (κ1) is 17.4. The molecular weight excluding hydrogens is 328 g/mol. The highest BCUT2D eigenvalue weighted by Crippen LogP contribution is 2.18. The van der Waals surface area contributed by atoms with Crippen molar-refractivity contribution < 1.29 is 9.90 Å². The van der Waals surface area contributed by atoms with Crippen LogP contribution in [0.1, 0.15) is 35.5 Å². The molecule has 0 aliphatic rings. The Morgan fingerprint density at radius 3 is 2.50 bits per heavy atom. The van der Waals surface area contributed by atoms with Crippen LogP contribution >= 0.6 is 0 Å². The minimum Gasteiger partial charge on any atom is -0.508 e. The monoisotopic (exact) mass is 348 g/mol. The van der Waals surface area contributed by atoms with E-state index in [-0.39, 0.29) is 11.7 Å². The van der Waals surface area contributed by atoms with Crippen molar-refractivity contribution in [3.63, 3.8) is 0 Å². The van der Waals surface area contributed by atoms with Gasteiger partial charge in [-0.3, -0.25) is 9.89 Å². The number of nitrogens with zero attached hydrogens (tertiary/aromatic N) is 2. The quantitative estimate of drug-likeness (QED) is 0.487. The molecule has 3 aromatic rings. The number of aryl methyl sites for hydroxylation is 1. The van der Waals surface area contributed by atoms with Gasteiger partial charge in [-0.05, 0) is 54.8 Å². The van der Waals surface area contributed by atoms with Crippen LogP contribution in [-0.2, 0) is 6.42 Å². The lowest BCUT2D eigenvalue weighted by Crippen LogP contribution is -2.19. The molecule has 1 heterocycles. The average Bonchev–Trinajstić information content (AvgIpc) is 3.17. The maximum atomic E-state index is 12.3. The summed E-state index contributed by atoms with van der Waals surface area (Å²) in [5, 5.41) is 20.3. The van der Waals surface area contributed by atoms with Crippen molar-refractivity contribution in [2.24, 2.45) is 5.10 Å². The molecule has 1 amide bonds. The maximum absolute atomic E-state index is 12.3. The Morgan fingerprint density at radius 1 is 1.15 bits per heavy atom. The van der Waals surface area contributed by atoms with Crippen LogP contribution in [0, 0.1) is 0 Å². The normalized spacial score (nSPS) is 11.4. The van der Waals surface area contributed by atoms with E-state index in [9.17, 15) is 9.90 Å². The molecule has 0 aliphatic heterocycles. The van der Waals surface area contributed by atoms with E-state index < -0.39 is 0 Å². The number of phenolic OH excluding ortho intramolecular Hbond substituents is 1. The van der Waals surface area contributed by atoms with E-state index in [1.807, 2.05) is 12.1 Å². The van der Waals surface area contributed by atoms with E-state index in [2.05, 4.69) is 39.8 Å². The van der Waals surface area contributed by atoms with Crippen molar-refractivity contribution in [1.29, 1.82) is 0 Å². The predicted octanol–water partition coefficient (Wildman–Crippen LogP) is 3.50. The van der Waals surface area contributed by atoms with Crippen LogP contribution in [-0.4, -0.2) is 26.9 Å². The van der Waals surface area contributed by atoms with Gasteiger partial charge in [0.2, 0.25) is 0 Å². The smallest absolute Gasteiger partial charge is 0.289 e. The zero-order chi connectivity index (χ0) is 18.5. The molecule has 0 aliphatic carbocycles. The highest BCUT2D eigenvalue weighted by atomic mass is 16.3. The zero-order valence-corrected chi connectivity index (χ0v) is 14.7. The first-order chi connectivity index (χ1) is 12.6. The summed E-state index contributed by atoms with van der Waals surface area (Å²) in [7, 11) is 0. The van der Waals surface area contributed by atoms with E-state index >= 15 is 0 Å². The zero-order valence-electron chi connectivity index (χ0n) is 14.7. The molecule has 0 bridgehead atoms. The number of hydrogen-bond acceptors (Lipinski definition) is 4. The van der Waals surface area contributed by atoms with Gasteiger partial charge in [-0.25, -0.2) is 5.43 Å². The molecular formula is C20H20N4O2. The van der Waals surface area contributed by atoms with E-state index in [4.69, 9.17) is 0 Å². The summed E-state index contributed by atoms with van der Waals surface area (Å²) in [6.07, 6.45) is 0.979. The van der Waals surface area contributed by atoms with Crippen molar-refractivity contribution >= 4 is 11.6 Å². The first-order valence-corrected chi connectivity index (χ1v) is 8.35. The second-order valence-electron chi connectivity index (χ2n) is 5.90. The third-order valence-electron chi connectivity index (χ3n) is 4.09. The van der Waals surface area contributed by atoms with Gasteiger partial charge in [0, 0.05) is 5.56 Å². The third kappa shape index (κ3) is 3.97. The number of hydrazone groups is 1. The fourth-order valence-electron chi connectivity index (χ4n) is 2.46. The number of aromatic hydroxyl groups is 1. The highest BCUT2D eigenvalue weighted by molar-refractivity contribution is 6.00. The van der Waals surface area contributed by atoms with Gasteiger partial charge in [0.15, 0.2) is 0 Å². The third-order valence-corrected chi connectivity index (χ3v) is 4.09. The standard InChI is InChI=1S/C20H20N4O2/c1-3-14-4-6-16(7-5-14)18-12-19(23-22-18)20(26)24-21-13(2)15-8-10-17(25)11-9-15/h4-12,25H,3H2,1-2H3,(H,22,23)(H,24,26). The Bertz CT molecular complexity index is 925. The second kappa shape index (κ2) is 7.65.